The molecule has 0 aliphatic carbocycles. The van der Waals surface area contributed by atoms with Crippen molar-refractivity contribution >= 4 is 5.91 Å². The van der Waals surface area contributed by atoms with Gasteiger partial charge in [0, 0.05) is 37.8 Å². The van der Waals surface area contributed by atoms with Crippen molar-refractivity contribution in [1.29, 1.82) is 0 Å². The molecular weight excluding hydrogens is 286 g/mol. The topological polar surface area (TPSA) is 26.8 Å². The lowest BCUT2D eigenvalue weighted by Crippen LogP contribution is -2.54. The summed E-state index contributed by atoms with van der Waals surface area (Å²) in [4.78, 5) is 19.7. The van der Waals surface area contributed by atoms with Crippen LogP contribution >= 0.6 is 0 Å². The van der Waals surface area contributed by atoms with Crippen molar-refractivity contribution < 1.29 is 4.79 Å². The van der Waals surface area contributed by atoms with E-state index in [1.165, 1.54) is 37.1 Å². The normalized spacial score (nSPS) is 21.6. The van der Waals surface area contributed by atoms with Crippen molar-refractivity contribution in [3.63, 3.8) is 0 Å². The Morgan fingerprint density at radius 3 is 2.22 bits per heavy atom. The predicted molar refractivity (Wildman–Crippen MR) is 93.9 cm³/mol. The quantitative estimate of drug-likeness (QED) is 0.837. The molecule has 0 aromatic heterocycles. The van der Waals surface area contributed by atoms with Crippen molar-refractivity contribution in [3.8, 4) is 0 Å². The molecule has 0 unspecified atom stereocenters. The zero-order valence-corrected chi connectivity index (χ0v) is 14.7. The highest BCUT2D eigenvalue weighted by Crippen LogP contribution is 2.19. The Balaban J connectivity index is 1.56. The molecule has 0 bridgehead atoms. The van der Waals surface area contributed by atoms with E-state index < -0.39 is 0 Å². The van der Waals surface area contributed by atoms with Crippen LogP contribution in [0, 0.1) is 13.8 Å². The number of benzene rings is 1. The summed E-state index contributed by atoms with van der Waals surface area (Å²) in [6.07, 6.45) is 2.53. The summed E-state index contributed by atoms with van der Waals surface area (Å²) in [6, 6.07) is 6.76. The Morgan fingerprint density at radius 1 is 0.957 bits per heavy atom. The number of hydrogen-bond donors (Lipinski definition) is 0. The van der Waals surface area contributed by atoms with Gasteiger partial charge in [-0.05, 0) is 70.1 Å². The molecule has 2 saturated heterocycles. The highest BCUT2D eigenvalue weighted by Gasteiger charge is 2.28. The number of amides is 1. The first-order chi connectivity index (χ1) is 11.0. The molecule has 0 atom stereocenters. The zero-order chi connectivity index (χ0) is 16.4. The molecule has 1 aromatic rings. The number of carbonyl (C=O) groups excluding carboxylic acids is 1. The highest BCUT2D eigenvalue weighted by molar-refractivity contribution is 5.94. The number of likely N-dealkylation sites (tertiary alicyclic amines) is 1. The molecular formula is C19H29N3O. The molecule has 0 N–H and O–H groups in total. The molecule has 4 heteroatoms. The molecule has 2 fully saturated rings. The van der Waals surface area contributed by atoms with Crippen LogP contribution in [-0.4, -0.2) is 73.0 Å². The molecule has 1 amide bonds. The molecule has 3 rings (SSSR count). The summed E-state index contributed by atoms with van der Waals surface area (Å²) in [5.41, 5.74) is 3.27. The molecule has 126 valence electrons. The van der Waals surface area contributed by atoms with Gasteiger partial charge in [0.25, 0.3) is 5.91 Å². The van der Waals surface area contributed by atoms with E-state index in [1.54, 1.807) is 0 Å². The van der Waals surface area contributed by atoms with E-state index in [-0.39, 0.29) is 5.91 Å². The largest absolute Gasteiger partial charge is 0.336 e. The lowest BCUT2D eigenvalue weighted by Gasteiger charge is -2.42. The van der Waals surface area contributed by atoms with Crippen LogP contribution in [0.5, 0.6) is 0 Å². The third-order valence-corrected chi connectivity index (χ3v) is 5.56. The summed E-state index contributed by atoms with van der Waals surface area (Å²) >= 11 is 0. The first-order valence-corrected chi connectivity index (χ1v) is 8.84. The average Bonchev–Trinajstić information content (AvgIpc) is 2.57. The molecule has 0 saturated carbocycles. The Morgan fingerprint density at radius 2 is 1.61 bits per heavy atom. The molecule has 0 spiro atoms. The van der Waals surface area contributed by atoms with E-state index >= 15 is 0 Å². The van der Waals surface area contributed by atoms with Gasteiger partial charge in [-0.2, -0.15) is 0 Å². The monoisotopic (exact) mass is 315 g/mol. The second kappa shape index (κ2) is 7.02. The van der Waals surface area contributed by atoms with Gasteiger partial charge in [0.2, 0.25) is 0 Å². The van der Waals surface area contributed by atoms with E-state index in [2.05, 4.69) is 36.8 Å². The molecule has 1 aromatic carbocycles. The van der Waals surface area contributed by atoms with Crippen LogP contribution < -0.4 is 0 Å². The van der Waals surface area contributed by atoms with E-state index in [9.17, 15) is 4.79 Å². The van der Waals surface area contributed by atoms with Crippen molar-refractivity contribution in [3.05, 3.63) is 34.9 Å². The maximum absolute atomic E-state index is 12.7. The number of rotatable bonds is 2. The van der Waals surface area contributed by atoms with Crippen LogP contribution in [0.25, 0.3) is 0 Å². The molecule has 2 aliphatic rings. The van der Waals surface area contributed by atoms with E-state index in [4.69, 9.17) is 0 Å². The number of hydrogen-bond acceptors (Lipinski definition) is 3. The van der Waals surface area contributed by atoms with E-state index in [0.29, 0.717) is 6.04 Å². The molecule has 2 aliphatic heterocycles. The van der Waals surface area contributed by atoms with Gasteiger partial charge in [-0.25, -0.2) is 0 Å². The number of carbonyl (C=O) groups is 1. The lowest BCUT2D eigenvalue weighted by molar-refractivity contribution is 0.0475. The molecule has 0 radical (unpaired) electrons. The summed E-state index contributed by atoms with van der Waals surface area (Å²) < 4.78 is 0. The number of piperazine rings is 1. The van der Waals surface area contributed by atoms with Crippen LogP contribution in [0.15, 0.2) is 18.2 Å². The van der Waals surface area contributed by atoms with Crippen molar-refractivity contribution in [2.24, 2.45) is 0 Å². The summed E-state index contributed by atoms with van der Waals surface area (Å²) in [5, 5.41) is 0. The number of aryl methyl sites for hydroxylation is 2. The van der Waals surface area contributed by atoms with Gasteiger partial charge in [-0.15, -0.1) is 0 Å². The minimum absolute atomic E-state index is 0.191. The Kier molecular flexibility index (Phi) is 5.02. The Bertz CT molecular complexity index is 556. The van der Waals surface area contributed by atoms with Gasteiger partial charge in [-0.1, -0.05) is 6.07 Å². The third kappa shape index (κ3) is 3.75. The van der Waals surface area contributed by atoms with Gasteiger partial charge in [0.15, 0.2) is 0 Å². The standard InChI is InChI=1S/C19H29N3O/c1-15-4-5-17(14-16(15)2)19(23)22-12-10-21(11-13-22)18-6-8-20(3)9-7-18/h4-5,14,18H,6-13H2,1-3H3. The predicted octanol–water partition coefficient (Wildman–Crippen LogP) is 2.16. The first kappa shape index (κ1) is 16.5. The lowest BCUT2D eigenvalue weighted by atomic mass is 10.0. The van der Waals surface area contributed by atoms with E-state index in [1.807, 2.05) is 17.0 Å². The minimum atomic E-state index is 0.191. The van der Waals surface area contributed by atoms with Crippen molar-refractivity contribution in [1.82, 2.24) is 14.7 Å². The summed E-state index contributed by atoms with van der Waals surface area (Å²) in [6.45, 7) is 10.3. The molecule has 4 nitrogen and oxygen atoms in total. The number of piperidine rings is 1. The summed E-state index contributed by atoms with van der Waals surface area (Å²) in [7, 11) is 2.20. The fraction of sp³-hybridized carbons (Fsp3) is 0.632. The van der Waals surface area contributed by atoms with Crippen LogP contribution in [-0.2, 0) is 0 Å². The van der Waals surface area contributed by atoms with Gasteiger partial charge in [-0.3, -0.25) is 9.69 Å². The zero-order valence-electron chi connectivity index (χ0n) is 14.7. The molecule has 23 heavy (non-hydrogen) atoms. The maximum atomic E-state index is 12.7. The SMILES string of the molecule is Cc1ccc(C(=O)N2CCN(C3CCN(C)CC3)CC2)cc1C. The fourth-order valence-corrected chi connectivity index (χ4v) is 3.71. The third-order valence-electron chi connectivity index (χ3n) is 5.56. The van der Waals surface area contributed by atoms with E-state index in [0.717, 1.165) is 31.7 Å². The maximum Gasteiger partial charge on any atom is 0.253 e. The first-order valence-electron chi connectivity index (χ1n) is 8.84. The van der Waals surface area contributed by atoms with Crippen LogP contribution in [0.1, 0.15) is 34.3 Å². The smallest absolute Gasteiger partial charge is 0.253 e. The van der Waals surface area contributed by atoms with Crippen LogP contribution in [0.3, 0.4) is 0 Å². The van der Waals surface area contributed by atoms with Gasteiger partial charge >= 0.3 is 0 Å². The number of nitrogens with zero attached hydrogens (tertiary/aromatic N) is 3. The van der Waals surface area contributed by atoms with Crippen LogP contribution in [0.2, 0.25) is 0 Å². The second-order valence-electron chi connectivity index (χ2n) is 7.16. The van der Waals surface area contributed by atoms with Gasteiger partial charge < -0.3 is 9.80 Å². The highest BCUT2D eigenvalue weighted by atomic mass is 16.2. The average molecular weight is 315 g/mol. The minimum Gasteiger partial charge on any atom is -0.336 e. The van der Waals surface area contributed by atoms with Crippen molar-refractivity contribution in [2.45, 2.75) is 32.7 Å². The Labute approximate surface area is 140 Å². The van der Waals surface area contributed by atoms with Crippen LogP contribution in [0.4, 0.5) is 0 Å². The second-order valence-corrected chi connectivity index (χ2v) is 7.16. The summed E-state index contributed by atoms with van der Waals surface area (Å²) in [5.74, 6) is 0.191. The molecule has 2 heterocycles. The van der Waals surface area contributed by atoms with Crippen molar-refractivity contribution in [2.75, 3.05) is 46.3 Å². The Hall–Kier alpha value is -1.39. The van der Waals surface area contributed by atoms with Gasteiger partial charge in [0.05, 0.1) is 0 Å². The van der Waals surface area contributed by atoms with Gasteiger partial charge in [0.1, 0.15) is 0 Å². The fourth-order valence-electron chi connectivity index (χ4n) is 3.71.